The van der Waals surface area contributed by atoms with Gasteiger partial charge in [0.2, 0.25) is 0 Å². The summed E-state index contributed by atoms with van der Waals surface area (Å²) in [5.74, 6) is 1.36. The monoisotopic (exact) mass is 360 g/mol. The van der Waals surface area contributed by atoms with Crippen LogP contribution in [-0.2, 0) is 6.42 Å². The molecule has 0 aliphatic heterocycles. The van der Waals surface area contributed by atoms with Gasteiger partial charge in [-0.1, -0.05) is 6.07 Å². The SMILES string of the molecule is CN=C(NCCNC(=O)c1ccc(OC)cc1)NCCc1cccs1. The average Bonchev–Trinajstić information content (AvgIpc) is 3.17. The maximum Gasteiger partial charge on any atom is 0.251 e. The van der Waals surface area contributed by atoms with Gasteiger partial charge in [-0.2, -0.15) is 0 Å². The Kier molecular flexibility index (Phi) is 7.78. The van der Waals surface area contributed by atoms with Crippen molar-refractivity contribution in [1.82, 2.24) is 16.0 Å². The van der Waals surface area contributed by atoms with Crippen molar-refractivity contribution < 1.29 is 9.53 Å². The van der Waals surface area contributed by atoms with Gasteiger partial charge in [0, 0.05) is 37.1 Å². The van der Waals surface area contributed by atoms with Crippen molar-refractivity contribution in [2.24, 2.45) is 4.99 Å². The highest BCUT2D eigenvalue weighted by molar-refractivity contribution is 7.09. The third kappa shape index (κ3) is 6.46. The van der Waals surface area contributed by atoms with Gasteiger partial charge in [0.1, 0.15) is 5.75 Å². The fourth-order valence-corrected chi connectivity index (χ4v) is 2.89. The molecule has 0 bridgehead atoms. The Balaban J connectivity index is 1.63. The summed E-state index contributed by atoms with van der Waals surface area (Å²) in [6, 6.07) is 11.2. The van der Waals surface area contributed by atoms with Gasteiger partial charge in [-0.25, -0.2) is 0 Å². The molecular weight excluding hydrogens is 336 g/mol. The molecule has 0 unspecified atom stereocenters. The predicted octanol–water partition coefficient (Wildman–Crippen LogP) is 1.89. The molecule has 0 aliphatic carbocycles. The molecule has 0 fully saturated rings. The maximum atomic E-state index is 12.0. The minimum atomic E-state index is -0.106. The van der Waals surface area contributed by atoms with Crippen LogP contribution in [0, 0.1) is 0 Å². The lowest BCUT2D eigenvalue weighted by molar-refractivity contribution is 0.0954. The highest BCUT2D eigenvalue weighted by Gasteiger charge is 2.05. The van der Waals surface area contributed by atoms with Gasteiger partial charge >= 0.3 is 0 Å². The molecule has 0 spiro atoms. The molecule has 25 heavy (non-hydrogen) atoms. The lowest BCUT2D eigenvalue weighted by Gasteiger charge is -2.12. The number of amides is 1. The Morgan fingerprint density at radius 2 is 1.80 bits per heavy atom. The second kappa shape index (κ2) is 10.4. The summed E-state index contributed by atoms with van der Waals surface area (Å²) < 4.78 is 5.08. The molecular formula is C18H24N4O2S. The van der Waals surface area contributed by atoms with Crippen LogP contribution in [0.3, 0.4) is 0 Å². The second-order valence-corrected chi connectivity index (χ2v) is 6.27. The van der Waals surface area contributed by atoms with Gasteiger partial charge in [-0.05, 0) is 42.1 Å². The average molecular weight is 360 g/mol. The van der Waals surface area contributed by atoms with E-state index in [-0.39, 0.29) is 5.91 Å². The number of ether oxygens (including phenoxy) is 1. The summed E-state index contributed by atoms with van der Waals surface area (Å²) in [6.45, 7) is 1.93. The Labute approximate surface area is 152 Å². The second-order valence-electron chi connectivity index (χ2n) is 5.24. The largest absolute Gasteiger partial charge is 0.497 e. The van der Waals surface area contributed by atoms with Gasteiger partial charge < -0.3 is 20.7 Å². The molecule has 0 aliphatic rings. The fraction of sp³-hybridized carbons (Fsp3) is 0.333. The Morgan fingerprint density at radius 1 is 1.08 bits per heavy atom. The number of carbonyl (C=O) groups is 1. The Morgan fingerprint density at radius 3 is 2.44 bits per heavy atom. The van der Waals surface area contributed by atoms with Crippen molar-refractivity contribution in [3.63, 3.8) is 0 Å². The van der Waals surface area contributed by atoms with E-state index in [2.05, 4.69) is 38.5 Å². The Bertz CT molecular complexity index is 669. The normalized spacial score (nSPS) is 11.0. The topological polar surface area (TPSA) is 74.8 Å². The lowest BCUT2D eigenvalue weighted by atomic mass is 10.2. The van der Waals surface area contributed by atoms with Gasteiger partial charge in [-0.3, -0.25) is 9.79 Å². The third-order valence-corrected chi connectivity index (χ3v) is 4.46. The first kappa shape index (κ1) is 18.8. The van der Waals surface area contributed by atoms with E-state index in [1.54, 1.807) is 49.8 Å². The zero-order valence-electron chi connectivity index (χ0n) is 14.5. The minimum Gasteiger partial charge on any atom is -0.497 e. The number of hydrogen-bond donors (Lipinski definition) is 3. The fourth-order valence-electron chi connectivity index (χ4n) is 2.18. The van der Waals surface area contributed by atoms with Crippen molar-refractivity contribution in [2.45, 2.75) is 6.42 Å². The van der Waals surface area contributed by atoms with Crippen LogP contribution >= 0.6 is 11.3 Å². The molecule has 3 N–H and O–H groups in total. The van der Waals surface area contributed by atoms with E-state index < -0.39 is 0 Å². The minimum absolute atomic E-state index is 0.106. The molecule has 1 amide bonds. The number of thiophene rings is 1. The number of rotatable bonds is 8. The van der Waals surface area contributed by atoms with Crippen LogP contribution in [-0.4, -0.2) is 45.7 Å². The summed E-state index contributed by atoms with van der Waals surface area (Å²) in [6.07, 6.45) is 0.965. The van der Waals surface area contributed by atoms with Crippen LogP contribution < -0.4 is 20.7 Å². The molecule has 0 saturated heterocycles. The molecule has 1 aromatic carbocycles. The van der Waals surface area contributed by atoms with E-state index in [1.807, 2.05) is 0 Å². The molecule has 134 valence electrons. The zero-order valence-corrected chi connectivity index (χ0v) is 15.4. The predicted molar refractivity (Wildman–Crippen MR) is 103 cm³/mol. The van der Waals surface area contributed by atoms with E-state index in [1.165, 1.54) is 4.88 Å². The van der Waals surface area contributed by atoms with Crippen LogP contribution in [0.1, 0.15) is 15.2 Å². The van der Waals surface area contributed by atoms with Crippen LogP contribution in [0.5, 0.6) is 5.75 Å². The number of aliphatic imine (C=N–C) groups is 1. The van der Waals surface area contributed by atoms with Crippen LogP contribution in [0.15, 0.2) is 46.8 Å². The molecule has 2 rings (SSSR count). The van der Waals surface area contributed by atoms with Gasteiger partial charge in [-0.15, -0.1) is 11.3 Å². The van der Waals surface area contributed by atoms with Crippen molar-refractivity contribution >= 4 is 23.2 Å². The third-order valence-electron chi connectivity index (χ3n) is 3.52. The first-order valence-corrected chi connectivity index (χ1v) is 9.00. The molecule has 0 saturated carbocycles. The molecule has 0 radical (unpaired) electrons. The van der Waals surface area contributed by atoms with Crippen molar-refractivity contribution in [2.75, 3.05) is 33.8 Å². The maximum absolute atomic E-state index is 12.0. The summed E-state index contributed by atoms with van der Waals surface area (Å²) in [5, 5.41) is 11.4. The standard InChI is InChI=1S/C18H24N4O2S/c1-19-18(21-10-9-16-4-3-13-25-16)22-12-11-20-17(23)14-5-7-15(24-2)8-6-14/h3-8,13H,9-12H2,1-2H3,(H,20,23)(H2,19,21,22). The van der Waals surface area contributed by atoms with E-state index in [0.29, 0.717) is 18.7 Å². The number of guanidine groups is 1. The highest BCUT2D eigenvalue weighted by Crippen LogP contribution is 2.11. The summed E-state index contributed by atoms with van der Waals surface area (Å²) in [7, 11) is 3.33. The first-order valence-electron chi connectivity index (χ1n) is 8.12. The number of benzene rings is 1. The van der Waals surface area contributed by atoms with Crippen molar-refractivity contribution in [3.05, 3.63) is 52.2 Å². The van der Waals surface area contributed by atoms with Gasteiger partial charge in [0.15, 0.2) is 5.96 Å². The van der Waals surface area contributed by atoms with E-state index in [4.69, 9.17) is 4.74 Å². The van der Waals surface area contributed by atoms with Crippen molar-refractivity contribution in [3.8, 4) is 5.75 Å². The summed E-state index contributed by atoms with van der Waals surface area (Å²) in [5.41, 5.74) is 0.610. The van der Waals surface area contributed by atoms with Crippen LogP contribution in [0.4, 0.5) is 0 Å². The molecule has 1 heterocycles. The van der Waals surface area contributed by atoms with E-state index >= 15 is 0 Å². The number of methoxy groups -OCH3 is 1. The van der Waals surface area contributed by atoms with Crippen LogP contribution in [0.25, 0.3) is 0 Å². The summed E-state index contributed by atoms with van der Waals surface area (Å²) >= 11 is 1.75. The number of nitrogens with zero attached hydrogens (tertiary/aromatic N) is 1. The number of carbonyl (C=O) groups excluding carboxylic acids is 1. The van der Waals surface area contributed by atoms with Gasteiger partial charge in [0.25, 0.3) is 5.91 Å². The smallest absolute Gasteiger partial charge is 0.251 e. The molecule has 7 heteroatoms. The van der Waals surface area contributed by atoms with Crippen LogP contribution in [0.2, 0.25) is 0 Å². The molecule has 2 aromatic rings. The van der Waals surface area contributed by atoms with E-state index in [0.717, 1.165) is 24.7 Å². The molecule has 1 aromatic heterocycles. The lowest BCUT2D eigenvalue weighted by Crippen LogP contribution is -2.42. The first-order chi connectivity index (χ1) is 12.2. The number of nitrogens with one attached hydrogen (secondary N) is 3. The molecule has 0 atom stereocenters. The van der Waals surface area contributed by atoms with Crippen molar-refractivity contribution in [1.29, 1.82) is 0 Å². The molecule has 6 nitrogen and oxygen atoms in total. The zero-order chi connectivity index (χ0) is 17.9. The quantitative estimate of drug-likeness (QED) is 0.382. The number of hydrogen-bond acceptors (Lipinski definition) is 4. The van der Waals surface area contributed by atoms with Gasteiger partial charge in [0.05, 0.1) is 7.11 Å². The Hall–Kier alpha value is -2.54. The summed E-state index contributed by atoms with van der Waals surface area (Å²) in [4.78, 5) is 17.6. The highest BCUT2D eigenvalue weighted by atomic mass is 32.1. The van der Waals surface area contributed by atoms with E-state index in [9.17, 15) is 4.79 Å².